The van der Waals surface area contributed by atoms with Gasteiger partial charge in [-0.2, -0.15) is 0 Å². The monoisotopic (exact) mass is 496 g/mol. The van der Waals surface area contributed by atoms with Gasteiger partial charge in [-0.05, 0) is 52.5 Å². The van der Waals surface area contributed by atoms with Gasteiger partial charge in [0.1, 0.15) is 19.3 Å². The molecule has 4 rings (SSSR count). The van der Waals surface area contributed by atoms with Crippen LogP contribution in [0.2, 0.25) is 0 Å². The van der Waals surface area contributed by atoms with E-state index in [1.807, 2.05) is 48.5 Å². The molecule has 0 radical (unpaired) electrons. The first kappa shape index (κ1) is 25.6. The van der Waals surface area contributed by atoms with Crippen LogP contribution < -0.4 is 10.6 Å². The molecule has 7 heteroatoms. The van der Waals surface area contributed by atoms with E-state index >= 15 is 0 Å². The van der Waals surface area contributed by atoms with Crippen molar-refractivity contribution >= 4 is 35.1 Å². The molecule has 1 aliphatic carbocycles. The molecule has 37 heavy (non-hydrogen) atoms. The summed E-state index contributed by atoms with van der Waals surface area (Å²) >= 11 is 0. The van der Waals surface area contributed by atoms with E-state index in [9.17, 15) is 14.4 Å². The standard InChI is InChI=1S/C30H28N2O5/c33-19-26(34)17-12-21-10-15-25(16-11-21)31-29(35)28(18-24-14-13-23-8-4-5-9-27(23)24)32-30(36)37-20-22-6-2-1-3-7-22/h1-12,14-17,28,33H,13,18-20H2,(H,31,35)(H,32,36)/b17-12+. The van der Waals surface area contributed by atoms with Crippen LogP contribution in [0, 0.1) is 0 Å². The van der Waals surface area contributed by atoms with Crippen LogP contribution in [0.4, 0.5) is 10.5 Å². The summed E-state index contributed by atoms with van der Waals surface area (Å²) in [4.78, 5) is 37.1. The second-order valence-electron chi connectivity index (χ2n) is 8.62. The summed E-state index contributed by atoms with van der Waals surface area (Å²) in [5.74, 6) is -0.770. The van der Waals surface area contributed by atoms with E-state index in [1.165, 1.54) is 11.6 Å². The number of rotatable bonds is 10. The fourth-order valence-corrected chi connectivity index (χ4v) is 4.03. The molecule has 3 aromatic carbocycles. The number of anilines is 1. The molecule has 3 aromatic rings. The van der Waals surface area contributed by atoms with Crippen molar-refractivity contribution in [3.63, 3.8) is 0 Å². The minimum Gasteiger partial charge on any atom is -0.445 e. The van der Waals surface area contributed by atoms with Gasteiger partial charge < -0.3 is 20.5 Å². The predicted molar refractivity (Wildman–Crippen MR) is 142 cm³/mol. The summed E-state index contributed by atoms with van der Waals surface area (Å²) in [6.07, 6.45) is 5.38. The maximum atomic E-state index is 13.3. The Morgan fingerprint density at radius 3 is 2.43 bits per heavy atom. The first-order chi connectivity index (χ1) is 18.0. The predicted octanol–water partition coefficient (Wildman–Crippen LogP) is 4.52. The van der Waals surface area contributed by atoms with Gasteiger partial charge in [0, 0.05) is 12.1 Å². The lowest BCUT2D eigenvalue weighted by atomic mass is 9.99. The molecule has 3 N–H and O–H groups in total. The number of ketones is 1. The van der Waals surface area contributed by atoms with Crippen LogP contribution in [0.25, 0.3) is 11.6 Å². The number of fused-ring (bicyclic) bond motifs is 1. The van der Waals surface area contributed by atoms with E-state index in [4.69, 9.17) is 9.84 Å². The average Bonchev–Trinajstić information content (AvgIpc) is 3.34. The van der Waals surface area contributed by atoms with Crippen molar-refractivity contribution in [1.82, 2.24) is 5.32 Å². The second-order valence-corrected chi connectivity index (χ2v) is 8.62. The van der Waals surface area contributed by atoms with Gasteiger partial charge in [-0.1, -0.05) is 78.9 Å². The molecule has 1 unspecified atom stereocenters. The summed E-state index contributed by atoms with van der Waals surface area (Å²) in [5, 5.41) is 14.4. The van der Waals surface area contributed by atoms with Crippen molar-refractivity contribution in [2.75, 3.05) is 11.9 Å². The number of alkyl carbamates (subject to hydrolysis) is 1. The lowest BCUT2D eigenvalue weighted by molar-refractivity contribution is -0.118. The zero-order valence-electron chi connectivity index (χ0n) is 20.2. The lowest BCUT2D eigenvalue weighted by Gasteiger charge is -2.20. The van der Waals surface area contributed by atoms with Crippen LogP contribution in [0.1, 0.15) is 28.7 Å². The smallest absolute Gasteiger partial charge is 0.408 e. The van der Waals surface area contributed by atoms with Crippen LogP contribution in [0.15, 0.2) is 91.0 Å². The third-order valence-electron chi connectivity index (χ3n) is 5.97. The Morgan fingerprint density at radius 1 is 0.946 bits per heavy atom. The Morgan fingerprint density at radius 2 is 1.68 bits per heavy atom. The molecule has 2 amide bonds. The van der Waals surface area contributed by atoms with Gasteiger partial charge in [0.15, 0.2) is 5.78 Å². The van der Waals surface area contributed by atoms with Crippen molar-refractivity contribution in [2.45, 2.75) is 25.5 Å². The maximum absolute atomic E-state index is 13.3. The number of hydrogen-bond acceptors (Lipinski definition) is 5. The Balaban J connectivity index is 1.44. The molecule has 0 aromatic heterocycles. The topological polar surface area (TPSA) is 105 Å². The highest BCUT2D eigenvalue weighted by Crippen LogP contribution is 2.30. The second kappa shape index (κ2) is 12.5. The fourth-order valence-electron chi connectivity index (χ4n) is 4.03. The summed E-state index contributed by atoms with van der Waals surface area (Å²) in [7, 11) is 0. The van der Waals surface area contributed by atoms with E-state index in [0.29, 0.717) is 12.1 Å². The van der Waals surface area contributed by atoms with Gasteiger partial charge in [-0.3, -0.25) is 9.59 Å². The number of benzene rings is 3. The summed E-state index contributed by atoms with van der Waals surface area (Å²) in [6, 6.07) is 23.4. The molecule has 0 saturated heterocycles. The van der Waals surface area contributed by atoms with Gasteiger partial charge in [-0.15, -0.1) is 0 Å². The van der Waals surface area contributed by atoms with Crippen molar-refractivity contribution in [3.05, 3.63) is 113 Å². The molecule has 0 bridgehead atoms. The largest absolute Gasteiger partial charge is 0.445 e. The van der Waals surface area contributed by atoms with Crippen LogP contribution in [0.5, 0.6) is 0 Å². The van der Waals surface area contributed by atoms with E-state index in [1.54, 1.807) is 30.3 Å². The molecule has 7 nitrogen and oxygen atoms in total. The van der Waals surface area contributed by atoms with Gasteiger partial charge in [0.05, 0.1) is 0 Å². The maximum Gasteiger partial charge on any atom is 0.408 e. The zero-order valence-corrected chi connectivity index (χ0v) is 20.2. The third kappa shape index (κ3) is 7.25. The van der Waals surface area contributed by atoms with Crippen molar-refractivity contribution in [2.24, 2.45) is 0 Å². The van der Waals surface area contributed by atoms with Crippen LogP contribution in [0.3, 0.4) is 0 Å². The summed E-state index contributed by atoms with van der Waals surface area (Å²) in [5.41, 5.74) is 5.39. The van der Waals surface area contributed by atoms with Crippen LogP contribution >= 0.6 is 0 Å². The SMILES string of the molecule is O=C(/C=C/c1ccc(NC(=O)C(CC2=CCc3ccccc32)NC(=O)OCc2ccccc2)cc1)CO. The van der Waals surface area contributed by atoms with Crippen molar-refractivity contribution in [1.29, 1.82) is 0 Å². The Bertz CT molecular complexity index is 1310. The Labute approximate surface area is 215 Å². The Hall–Kier alpha value is -4.49. The van der Waals surface area contributed by atoms with Gasteiger partial charge in [-0.25, -0.2) is 4.79 Å². The first-order valence-corrected chi connectivity index (χ1v) is 12.0. The van der Waals surface area contributed by atoms with Gasteiger partial charge >= 0.3 is 6.09 Å². The molecular weight excluding hydrogens is 468 g/mol. The molecule has 1 aliphatic rings. The third-order valence-corrected chi connectivity index (χ3v) is 5.97. The summed E-state index contributed by atoms with van der Waals surface area (Å²) in [6.45, 7) is -0.450. The minimum absolute atomic E-state index is 0.0975. The number of carbonyl (C=O) groups is 3. The van der Waals surface area contributed by atoms with Crippen LogP contribution in [-0.4, -0.2) is 35.5 Å². The lowest BCUT2D eigenvalue weighted by Crippen LogP contribution is -2.44. The van der Waals surface area contributed by atoms with E-state index in [2.05, 4.69) is 22.8 Å². The van der Waals surface area contributed by atoms with E-state index in [-0.39, 0.29) is 12.5 Å². The highest BCUT2D eigenvalue weighted by molar-refractivity contribution is 5.98. The molecule has 0 saturated carbocycles. The number of aliphatic hydroxyl groups is 1. The van der Waals surface area contributed by atoms with E-state index in [0.717, 1.165) is 28.7 Å². The molecular formula is C30H28N2O5. The molecule has 0 heterocycles. The number of aliphatic hydroxyl groups excluding tert-OH is 1. The Kier molecular flexibility index (Phi) is 8.62. The highest BCUT2D eigenvalue weighted by Gasteiger charge is 2.26. The zero-order chi connectivity index (χ0) is 26.0. The molecule has 0 spiro atoms. The number of allylic oxidation sites excluding steroid dienone is 1. The highest BCUT2D eigenvalue weighted by atomic mass is 16.5. The quantitative estimate of drug-likeness (QED) is 0.358. The number of ether oxygens (including phenoxy) is 1. The van der Waals surface area contributed by atoms with Crippen molar-refractivity contribution < 1.29 is 24.2 Å². The molecule has 0 aliphatic heterocycles. The number of nitrogens with one attached hydrogen (secondary N) is 2. The number of amides is 2. The average molecular weight is 497 g/mol. The van der Waals surface area contributed by atoms with Gasteiger partial charge in [0.25, 0.3) is 0 Å². The molecule has 0 fully saturated rings. The summed E-state index contributed by atoms with van der Waals surface area (Å²) < 4.78 is 5.36. The first-order valence-electron chi connectivity index (χ1n) is 12.0. The fraction of sp³-hybridized carbons (Fsp3) is 0.167. The molecule has 1 atom stereocenters. The number of hydrogen-bond donors (Lipinski definition) is 3. The normalized spacial score (nSPS) is 12.9. The van der Waals surface area contributed by atoms with E-state index < -0.39 is 24.5 Å². The minimum atomic E-state index is -0.859. The van der Waals surface area contributed by atoms with Crippen LogP contribution in [-0.2, 0) is 27.4 Å². The van der Waals surface area contributed by atoms with Gasteiger partial charge in [0.2, 0.25) is 5.91 Å². The van der Waals surface area contributed by atoms with Crippen molar-refractivity contribution in [3.8, 4) is 0 Å². The number of carbonyl (C=O) groups excluding carboxylic acids is 3. The molecule has 188 valence electrons.